The summed E-state index contributed by atoms with van der Waals surface area (Å²) in [6.45, 7) is 2.09. The zero-order chi connectivity index (χ0) is 26.8. The predicted octanol–water partition coefficient (Wildman–Crippen LogP) is 3.85. The first-order chi connectivity index (χ1) is 18.4. The van der Waals surface area contributed by atoms with Crippen LogP contribution in [-0.2, 0) is 16.0 Å². The molecule has 0 radical (unpaired) electrons. The molecule has 38 heavy (non-hydrogen) atoms. The minimum absolute atomic E-state index is 0.00687. The predicted molar refractivity (Wildman–Crippen MR) is 131 cm³/mol. The van der Waals surface area contributed by atoms with Gasteiger partial charge in [0.05, 0.1) is 25.5 Å². The first-order valence-electron chi connectivity index (χ1n) is 11.4. The fourth-order valence-electron chi connectivity index (χ4n) is 3.95. The largest absolute Gasteiger partial charge is 0.465 e. The molecule has 5 aromatic rings. The van der Waals surface area contributed by atoms with E-state index in [9.17, 15) is 14.0 Å². The van der Waals surface area contributed by atoms with Crippen molar-refractivity contribution in [1.29, 1.82) is 0 Å². The highest BCUT2D eigenvalue weighted by molar-refractivity contribution is 6.07. The molecular weight excluding hydrogens is 495 g/mol. The fraction of sp³-hybridized carbons (Fsp3) is 0.154. The van der Waals surface area contributed by atoms with E-state index in [-0.39, 0.29) is 40.8 Å². The summed E-state index contributed by atoms with van der Waals surface area (Å²) in [5.74, 6) is -1.22. The molecule has 11 nitrogen and oxygen atoms in total. The quantitative estimate of drug-likeness (QED) is 0.296. The van der Waals surface area contributed by atoms with Crippen molar-refractivity contribution in [3.8, 4) is 28.3 Å². The lowest BCUT2D eigenvalue weighted by molar-refractivity contribution is 0.0549. The first kappa shape index (κ1) is 24.6. The number of methoxy groups -OCH3 is 2. The molecule has 2 aromatic carbocycles. The lowest BCUT2D eigenvalue weighted by atomic mass is 10.0. The Balaban J connectivity index is 1.63. The van der Waals surface area contributed by atoms with Gasteiger partial charge in [0.2, 0.25) is 11.7 Å². The van der Waals surface area contributed by atoms with Crippen molar-refractivity contribution in [2.24, 2.45) is 0 Å². The number of aryl methyl sites for hydroxylation is 1. The van der Waals surface area contributed by atoms with Crippen LogP contribution in [0, 0.1) is 12.7 Å². The average Bonchev–Trinajstić information content (AvgIpc) is 3.68. The van der Waals surface area contributed by atoms with E-state index in [1.165, 1.54) is 37.1 Å². The average molecular weight is 516 g/mol. The maximum Gasteiger partial charge on any atom is 0.357 e. The van der Waals surface area contributed by atoms with E-state index in [0.717, 1.165) is 5.82 Å². The van der Waals surface area contributed by atoms with E-state index in [4.69, 9.17) is 14.0 Å². The maximum absolute atomic E-state index is 15.0. The molecule has 12 heteroatoms. The van der Waals surface area contributed by atoms with Crippen LogP contribution in [0.4, 0.5) is 4.39 Å². The van der Waals surface area contributed by atoms with Crippen molar-refractivity contribution in [3.05, 3.63) is 89.7 Å². The molecule has 0 N–H and O–H groups in total. The third-order valence-corrected chi connectivity index (χ3v) is 5.83. The van der Waals surface area contributed by atoms with Gasteiger partial charge in [-0.25, -0.2) is 23.6 Å². The van der Waals surface area contributed by atoms with Gasteiger partial charge in [0.15, 0.2) is 5.69 Å². The Morgan fingerprint density at radius 2 is 1.82 bits per heavy atom. The molecule has 0 aliphatic carbocycles. The molecule has 0 saturated heterocycles. The normalized spacial score (nSPS) is 10.9. The standard InChI is InChI=1S/C26H21FN6O5/c1-15-28-11-12-32(15)14-20-29-24(31-38-20)18-13-16(9-10-19(18)27)22-21(25(34)36-2)23(26(35)37-3)33(30-22)17-7-5-4-6-8-17/h4-13H,14H2,1-3H3. The third kappa shape index (κ3) is 4.43. The van der Waals surface area contributed by atoms with Gasteiger partial charge >= 0.3 is 11.9 Å². The van der Waals surface area contributed by atoms with E-state index in [1.807, 2.05) is 6.92 Å². The number of para-hydroxylation sites is 1. The lowest BCUT2D eigenvalue weighted by Gasteiger charge is -2.07. The van der Waals surface area contributed by atoms with Crippen LogP contribution in [0.25, 0.3) is 28.3 Å². The number of benzene rings is 2. The number of carbonyl (C=O) groups excluding carboxylic acids is 2. The summed E-state index contributed by atoms with van der Waals surface area (Å²) in [5, 5.41) is 8.46. The summed E-state index contributed by atoms with van der Waals surface area (Å²) in [6.07, 6.45) is 3.41. The van der Waals surface area contributed by atoms with Gasteiger partial charge in [-0.05, 0) is 37.3 Å². The van der Waals surface area contributed by atoms with Gasteiger partial charge in [-0.15, -0.1) is 0 Å². The lowest BCUT2D eigenvalue weighted by Crippen LogP contribution is -2.15. The minimum atomic E-state index is -0.814. The summed E-state index contributed by atoms with van der Waals surface area (Å²) in [6, 6.07) is 12.8. The Morgan fingerprint density at radius 3 is 2.50 bits per heavy atom. The van der Waals surface area contributed by atoms with E-state index in [1.54, 1.807) is 47.3 Å². The number of esters is 2. The molecular formula is C26H21FN6O5. The van der Waals surface area contributed by atoms with Crippen molar-refractivity contribution in [2.45, 2.75) is 13.5 Å². The van der Waals surface area contributed by atoms with Crippen molar-refractivity contribution in [2.75, 3.05) is 14.2 Å². The number of hydrogen-bond donors (Lipinski definition) is 0. The smallest absolute Gasteiger partial charge is 0.357 e. The zero-order valence-electron chi connectivity index (χ0n) is 20.6. The van der Waals surface area contributed by atoms with E-state index in [0.29, 0.717) is 11.3 Å². The molecule has 0 saturated carbocycles. The van der Waals surface area contributed by atoms with Gasteiger partial charge in [0.1, 0.15) is 29.4 Å². The molecule has 0 unspecified atom stereocenters. The molecule has 0 aliphatic heterocycles. The van der Waals surface area contributed by atoms with Crippen molar-refractivity contribution < 1.29 is 28.0 Å². The molecule has 0 aliphatic rings. The number of rotatable bonds is 7. The van der Waals surface area contributed by atoms with Crippen molar-refractivity contribution in [3.63, 3.8) is 0 Å². The highest BCUT2D eigenvalue weighted by atomic mass is 19.1. The number of hydrogen-bond acceptors (Lipinski definition) is 9. The van der Waals surface area contributed by atoms with Crippen LogP contribution < -0.4 is 0 Å². The highest BCUT2D eigenvalue weighted by Gasteiger charge is 2.31. The summed E-state index contributed by atoms with van der Waals surface area (Å²) < 4.78 is 33.3. The number of ether oxygens (including phenoxy) is 2. The molecule has 0 amide bonds. The van der Waals surface area contributed by atoms with E-state index >= 15 is 0 Å². The fourth-order valence-corrected chi connectivity index (χ4v) is 3.95. The first-order valence-corrected chi connectivity index (χ1v) is 11.4. The zero-order valence-corrected chi connectivity index (χ0v) is 20.6. The van der Waals surface area contributed by atoms with Crippen molar-refractivity contribution >= 4 is 11.9 Å². The summed E-state index contributed by atoms with van der Waals surface area (Å²) >= 11 is 0. The van der Waals surface area contributed by atoms with Crippen LogP contribution in [0.1, 0.15) is 32.6 Å². The van der Waals surface area contributed by atoms with Crippen LogP contribution in [-0.4, -0.2) is 55.6 Å². The Morgan fingerprint density at radius 1 is 1.05 bits per heavy atom. The molecule has 3 heterocycles. The SMILES string of the molecule is COC(=O)c1c(-c2ccc(F)c(-c3noc(Cn4ccnc4C)n3)c2)nn(-c2ccccc2)c1C(=O)OC. The van der Waals surface area contributed by atoms with Crippen LogP contribution in [0.3, 0.4) is 0 Å². The maximum atomic E-state index is 15.0. The Kier molecular flexibility index (Phi) is 6.52. The molecule has 0 bridgehead atoms. The van der Waals surface area contributed by atoms with Gasteiger partial charge in [-0.1, -0.05) is 23.4 Å². The van der Waals surface area contributed by atoms with Crippen LogP contribution >= 0.6 is 0 Å². The Bertz CT molecular complexity index is 1640. The summed E-state index contributed by atoms with van der Waals surface area (Å²) in [5.41, 5.74) is 0.654. The van der Waals surface area contributed by atoms with Crippen LogP contribution in [0.5, 0.6) is 0 Å². The second-order valence-electron chi connectivity index (χ2n) is 8.11. The van der Waals surface area contributed by atoms with Crippen LogP contribution in [0.2, 0.25) is 0 Å². The van der Waals surface area contributed by atoms with Gasteiger partial charge in [0.25, 0.3) is 0 Å². The third-order valence-electron chi connectivity index (χ3n) is 5.83. The van der Waals surface area contributed by atoms with E-state index < -0.39 is 17.8 Å². The molecule has 0 fully saturated rings. The number of carbonyl (C=O) groups is 2. The van der Waals surface area contributed by atoms with Gasteiger partial charge in [0, 0.05) is 18.0 Å². The van der Waals surface area contributed by atoms with Crippen molar-refractivity contribution in [1.82, 2.24) is 29.5 Å². The monoisotopic (exact) mass is 516 g/mol. The summed E-state index contributed by atoms with van der Waals surface area (Å²) in [4.78, 5) is 34.2. The molecule has 0 atom stereocenters. The molecule has 192 valence electrons. The number of imidazole rings is 1. The molecule has 3 aromatic heterocycles. The van der Waals surface area contributed by atoms with Crippen LogP contribution in [0.15, 0.2) is 65.4 Å². The number of halogens is 1. The minimum Gasteiger partial charge on any atom is -0.465 e. The second-order valence-corrected chi connectivity index (χ2v) is 8.11. The second kappa shape index (κ2) is 10.1. The Labute approximate surface area is 215 Å². The van der Waals surface area contributed by atoms with Gasteiger partial charge in [-0.3, -0.25) is 0 Å². The Hall–Kier alpha value is -5.13. The topological polar surface area (TPSA) is 127 Å². The molecule has 0 spiro atoms. The highest BCUT2D eigenvalue weighted by Crippen LogP contribution is 2.32. The van der Waals surface area contributed by atoms with Gasteiger partial charge < -0.3 is 18.6 Å². The van der Waals surface area contributed by atoms with Gasteiger partial charge in [-0.2, -0.15) is 10.1 Å². The van der Waals surface area contributed by atoms with E-state index in [2.05, 4.69) is 20.2 Å². The number of nitrogens with zero attached hydrogens (tertiary/aromatic N) is 6. The number of aromatic nitrogens is 6. The summed E-state index contributed by atoms with van der Waals surface area (Å²) in [7, 11) is 2.38. The molecule has 5 rings (SSSR count).